The van der Waals surface area contributed by atoms with Crippen LogP contribution in [0.4, 0.5) is 5.82 Å². The summed E-state index contributed by atoms with van der Waals surface area (Å²) in [5.41, 5.74) is 2.61. The first-order valence-electron chi connectivity index (χ1n) is 8.74. The number of rotatable bonds is 3. The fourth-order valence-corrected chi connectivity index (χ4v) is 3.48. The Morgan fingerprint density at radius 1 is 1.31 bits per heavy atom. The number of amides is 1. The Morgan fingerprint density at radius 2 is 2.15 bits per heavy atom. The summed E-state index contributed by atoms with van der Waals surface area (Å²) >= 11 is 0. The molecule has 1 N–H and O–H groups in total. The number of carbonyl (C=O) groups excluding carboxylic acids is 1. The van der Waals surface area contributed by atoms with E-state index in [-0.39, 0.29) is 11.9 Å². The summed E-state index contributed by atoms with van der Waals surface area (Å²) in [6.07, 6.45) is 6.79. The molecule has 0 aromatic carbocycles. The molecule has 9 heteroatoms. The SMILES string of the molecule is Cc1nc2ncnn2c(N2CCCC(NC(=O)c3cnn(C)c3)C2)c1C. The molecule has 4 rings (SSSR count). The number of aryl methyl sites for hydroxylation is 2. The predicted octanol–water partition coefficient (Wildman–Crippen LogP) is 0.873. The van der Waals surface area contributed by atoms with Crippen molar-refractivity contribution in [1.29, 1.82) is 0 Å². The smallest absolute Gasteiger partial charge is 0.254 e. The number of anilines is 1. The number of nitrogens with zero attached hydrogens (tertiary/aromatic N) is 7. The lowest BCUT2D eigenvalue weighted by molar-refractivity contribution is 0.0933. The van der Waals surface area contributed by atoms with Gasteiger partial charge < -0.3 is 10.2 Å². The van der Waals surface area contributed by atoms with Gasteiger partial charge in [0.05, 0.1) is 11.8 Å². The van der Waals surface area contributed by atoms with Gasteiger partial charge in [0.1, 0.15) is 12.1 Å². The minimum absolute atomic E-state index is 0.0721. The van der Waals surface area contributed by atoms with Gasteiger partial charge in [0.25, 0.3) is 11.7 Å². The van der Waals surface area contributed by atoms with E-state index in [0.717, 1.165) is 43.0 Å². The van der Waals surface area contributed by atoms with Gasteiger partial charge in [-0.1, -0.05) is 0 Å². The summed E-state index contributed by atoms with van der Waals surface area (Å²) in [6.45, 7) is 5.68. The molecule has 0 aliphatic carbocycles. The van der Waals surface area contributed by atoms with E-state index in [2.05, 4.69) is 37.3 Å². The topological polar surface area (TPSA) is 93.2 Å². The van der Waals surface area contributed by atoms with Gasteiger partial charge in [-0.15, -0.1) is 0 Å². The van der Waals surface area contributed by atoms with Crippen LogP contribution in [0.3, 0.4) is 0 Å². The molecular formula is C17H22N8O. The Balaban J connectivity index is 1.57. The molecule has 4 heterocycles. The summed E-state index contributed by atoms with van der Waals surface area (Å²) in [5, 5.41) is 11.5. The van der Waals surface area contributed by atoms with Crippen molar-refractivity contribution >= 4 is 17.5 Å². The number of hydrogen-bond donors (Lipinski definition) is 1. The van der Waals surface area contributed by atoms with Gasteiger partial charge in [-0.25, -0.2) is 4.98 Å². The Bertz CT molecular complexity index is 959. The molecule has 1 aliphatic rings. The second-order valence-electron chi connectivity index (χ2n) is 6.78. The Morgan fingerprint density at radius 3 is 2.92 bits per heavy atom. The molecule has 9 nitrogen and oxygen atoms in total. The summed E-state index contributed by atoms with van der Waals surface area (Å²) in [6, 6.07) is 0.0721. The molecule has 0 bridgehead atoms. The largest absolute Gasteiger partial charge is 0.354 e. The van der Waals surface area contributed by atoms with Crippen molar-refractivity contribution < 1.29 is 4.79 Å². The number of fused-ring (bicyclic) bond motifs is 1. The lowest BCUT2D eigenvalue weighted by Crippen LogP contribution is -2.48. The van der Waals surface area contributed by atoms with Gasteiger partial charge in [0, 0.05) is 43.6 Å². The molecule has 1 atom stereocenters. The van der Waals surface area contributed by atoms with E-state index in [0.29, 0.717) is 11.3 Å². The minimum atomic E-state index is -0.0847. The number of piperidine rings is 1. The van der Waals surface area contributed by atoms with Gasteiger partial charge in [-0.05, 0) is 26.7 Å². The van der Waals surface area contributed by atoms with Crippen molar-refractivity contribution in [2.75, 3.05) is 18.0 Å². The van der Waals surface area contributed by atoms with Gasteiger partial charge >= 0.3 is 0 Å². The molecule has 1 aliphatic heterocycles. The van der Waals surface area contributed by atoms with Crippen molar-refractivity contribution in [1.82, 2.24) is 34.7 Å². The van der Waals surface area contributed by atoms with Gasteiger partial charge in [-0.2, -0.15) is 19.7 Å². The van der Waals surface area contributed by atoms with E-state index >= 15 is 0 Å². The standard InChI is InChI=1S/C17H22N8O/c1-11-12(2)21-17-18-10-20-25(17)16(11)24-6-4-5-14(9-24)22-15(26)13-7-19-23(3)8-13/h7-8,10,14H,4-6,9H2,1-3H3,(H,22,26). The van der Waals surface area contributed by atoms with E-state index in [1.807, 2.05) is 6.92 Å². The highest BCUT2D eigenvalue weighted by molar-refractivity contribution is 5.93. The van der Waals surface area contributed by atoms with Crippen LogP contribution in [-0.2, 0) is 7.05 Å². The summed E-state index contributed by atoms with van der Waals surface area (Å²) < 4.78 is 3.42. The van der Waals surface area contributed by atoms with Crippen LogP contribution in [0.2, 0.25) is 0 Å². The average Bonchev–Trinajstić information content (AvgIpc) is 3.25. The summed E-state index contributed by atoms with van der Waals surface area (Å²) in [4.78, 5) is 23.4. The fraction of sp³-hybridized carbons (Fsp3) is 0.471. The Hall–Kier alpha value is -2.97. The summed E-state index contributed by atoms with van der Waals surface area (Å²) in [7, 11) is 1.80. The van der Waals surface area contributed by atoms with E-state index in [9.17, 15) is 4.79 Å². The molecule has 136 valence electrons. The van der Waals surface area contributed by atoms with Gasteiger partial charge in [0.15, 0.2) is 0 Å². The number of aromatic nitrogens is 6. The lowest BCUT2D eigenvalue weighted by atomic mass is 10.0. The molecule has 1 unspecified atom stereocenters. The first-order valence-corrected chi connectivity index (χ1v) is 8.74. The highest BCUT2D eigenvalue weighted by atomic mass is 16.1. The third-order valence-electron chi connectivity index (χ3n) is 4.90. The molecule has 1 amide bonds. The molecule has 0 radical (unpaired) electrons. The minimum Gasteiger partial charge on any atom is -0.354 e. The first-order chi connectivity index (χ1) is 12.5. The second-order valence-corrected chi connectivity index (χ2v) is 6.78. The summed E-state index contributed by atoms with van der Waals surface area (Å²) in [5.74, 6) is 1.52. The van der Waals surface area contributed by atoms with Crippen molar-refractivity contribution in [3.8, 4) is 0 Å². The second kappa shape index (κ2) is 6.40. The molecule has 0 spiro atoms. The van der Waals surface area contributed by atoms with E-state index < -0.39 is 0 Å². The van der Waals surface area contributed by atoms with Crippen molar-refractivity contribution in [3.63, 3.8) is 0 Å². The van der Waals surface area contributed by atoms with Crippen LogP contribution in [0.1, 0.15) is 34.5 Å². The van der Waals surface area contributed by atoms with Crippen molar-refractivity contribution in [2.24, 2.45) is 7.05 Å². The third-order valence-corrected chi connectivity index (χ3v) is 4.90. The molecule has 3 aromatic heterocycles. The van der Waals surface area contributed by atoms with Crippen LogP contribution in [0.15, 0.2) is 18.7 Å². The van der Waals surface area contributed by atoms with Crippen LogP contribution >= 0.6 is 0 Å². The van der Waals surface area contributed by atoms with Crippen LogP contribution in [-0.4, -0.2) is 54.4 Å². The highest BCUT2D eigenvalue weighted by Crippen LogP contribution is 2.25. The highest BCUT2D eigenvalue weighted by Gasteiger charge is 2.26. The zero-order valence-electron chi connectivity index (χ0n) is 15.2. The van der Waals surface area contributed by atoms with Crippen LogP contribution < -0.4 is 10.2 Å². The molecule has 26 heavy (non-hydrogen) atoms. The molecule has 0 saturated carbocycles. The van der Waals surface area contributed by atoms with Crippen LogP contribution in [0.5, 0.6) is 0 Å². The maximum atomic E-state index is 12.4. The van der Waals surface area contributed by atoms with E-state index in [1.165, 1.54) is 6.33 Å². The van der Waals surface area contributed by atoms with Crippen LogP contribution in [0.25, 0.3) is 5.78 Å². The third kappa shape index (κ3) is 2.89. The number of nitrogens with one attached hydrogen (secondary N) is 1. The van der Waals surface area contributed by atoms with Crippen molar-refractivity contribution in [3.05, 3.63) is 35.5 Å². The molecule has 3 aromatic rings. The van der Waals surface area contributed by atoms with Gasteiger partial charge in [-0.3, -0.25) is 9.48 Å². The zero-order chi connectivity index (χ0) is 18.3. The number of carbonyl (C=O) groups is 1. The fourth-order valence-electron chi connectivity index (χ4n) is 3.48. The zero-order valence-corrected chi connectivity index (χ0v) is 15.2. The molecule has 1 fully saturated rings. The first kappa shape index (κ1) is 16.5. The quantitative estimate of drug-likeness (QED) is 0.750. The Labute approximate surface area is 151 Å². The van der Waals surface area contributed by atoms with E-state index in [1.54, 1.807) is 28.6 Å². The normalized spacial score (nSPS) is 17.7. The maximum absolute atomic E-state index is 12.4. The maximum Gasteiger partial charge on any atom is 0.254 e. The predicted molar refractivity (Wildman–Crippen MR) is 96.2 cm³/mol. The monoisotopic (exact) mass is 354 g/mol. The lowest BCUT2D eigenvalue weighted by Gasteiger charge is -2.35. The van der Waals surface area contributed by atoms with Crippen molar-refractivity contribution in [2.45, 2.75) is 32.7 Å². The molecule has 1 saturated heterocycles. The van der Waals surface area contributed by atoms with E-state index in [4.69, 9.17) is 0 Å². The average molecular weight is 354 g/mol. The Kier molecular flexibility index (Phi) is 4.06. The van der Waals surface area contributed by atoms with Gasteiger partial charge in [0.2, 0.25) is 0 Å². The van der Waals surface area contributed by atoms with Crippen LogP contribution in [0, 0.1) is 13.8 Å². The molecular weight excluding hydrogens is 332 g/mol. The number of hydrogen-bond acceptors (Lipinski definition) is 6.